The molecule has 64 heavy (non-hydrogen) atoms. The quantitative estimate of drug-likeness (QED) is 0.149. The van der Waals surface area contributed by atoms with Crippen LogP contribution in [0.15, 0.2) is 59.3 Å². The smallest absolute Gasteiger partial charge is 0.316 e. The lowest BCUT2D eigenvalue weighted by Crippen LogP contribution is -2.58. The van der Waals surface area contributed by atoms with Gasteiger partial charge in [0, 0.05) is 51.7 Å². The highest BCUT2D eigenvalue weighted by Gasteiger charge is 2.60. The summed E-state index contributed by atoms with van der Waals surface area (Å²) < 4.78 is 64.2. The number of aliphatic hydroxyl groups is 2. The predicted octanol–water partition coefficient (Wildman–Crippen LogP) is 5.13. The van der Waals surface area contributed by atoms with Crippen LogP contribution >= 0.6 is 0 Å². The van der Waals surface area contributed by atoms with Crippen molar-refractivity contribution in [3.63, 3.8) is 0 Å². The molecular formula is C49H73NO14. The van der Waals surface area contributed by atoms with Gasteiger partial charge in [-0.3, -0.25) is 9.59 Å². The number of rotatable bonds is 10. The number of hydrogen-bond donors (Lipinski definition) is 3. The van der Waals surface area contributed by atoms with Gasteiger partial charge in [0.05, 0.1) is 55.4 Å². The topological polar surface area (TPSA) is 179 Å². The minimum Gasteiger partial charge on any atom is -0.462 e. The van der Waals surface area contributed by atoms with Crippen molar-refractivity contribution in [3.8, 4) is 0 Å². The molecule has 7 rings (SSSR count). The van der Waals surface area contributed by atoms with Crippen LogP contribution in [-0.2, 0) is 57.0 Å². The van der Waals surface area contributed by atoms with Crippen molar-refractivity contribution < 1.29 is 67.2 Å². The molecule has 4 saturated heterocycles. The first-order chi connectivity index (χ1) is 30.5. The normalized spacial score (nSPS) is 47.0. The van der Waals surface area contributed by atoms with Gasteiger partial charge in [0.15, 0.2) is 18.4 Å². The molecule has 0 aromatic carbocycles. The number of carbonyl (C=O) groups is 2. The van der Waals surface area contributed by atoms with Crippen molar-refractivity contribution >= 4 is 12.4 Å². The van der Waals surface area contributed by atoms with Gasteiger partial charge in [-0.25, -0.2) is 0 Å². The number of methoxy groups -OCH3 is 2. The van der Waals surface area contributed by atoms with Gasteiger partial charge in [0.2, 0.25) is 6.41 Å². The summed E-state index contributed by atoms with van der Waals surface area (Å²) in [5.74, 6) is -2.59. The van der Waals surface area contributed by atoms with Crippen molar-refractivity contribution in [1.29, 1.82) is 0 Å². The van der Waals surface area contributed by atoms with Crippen molar-refractivity contribution in [2.45, 2.75) is 191 Å². The molecule has 15 heteroatoms. The first-order valence-electron chi connectivity index (χ1n) is 23.4. The summed E-state index contributed by atoms with van der Waals surface area (Å²) in [7, 11) is 3.26. The molecule has 1 spiro atoms. The summed E-state index contributed by atoms with van der Waals surface area (Å²) in [6, 6.07) is -0.310. The molecular weight excluding hydrogens is 827 g/mol. The van der Waals surface area contributed by atoms with Gasteiger partial charge >= 0.3 is 5.97 Å². The fourth-order valence-corrected chi connectivity index (χ4v) is 10.9. The second kappa shape index (κ2) is 20.6. The Morgan fingerprint density at radius 1 is 0.938 bits per heavy atom. The summed E-state index contributed by atoms with van der Waals surface area (Å²) >= 11 is 0. The molecule has 20 atom stereocenters. The fourth-order valence-electron chi connectivity index (χ4n) is 10.9. The van der Waals surface area contributed by atoms with E-state index in [-0.39, 0.29) is 55.1 Å². The van der Waals surface area contributed by atoms with Crippen LogP contribution in [0.1, 0.15) is 93.9 Å². The Kier molecular flexibility index (Phi) is 15.8. The number of amides is 1. The Bertz CT molecular complexity index is 1800. The van der Waals surface area contributed by atoms with E-state index in [0.717, 1.165) is 12.0 Å². The molecule has 2 bridgehead atoms. The molecule has 3 N–H and O–H groups in total. The maximum Gasteiger partial charge on any atom is 0.316 e. The Hall–Kier alpha value is -2.80. The number of carbonyl (C=O) groups excluding carboxylic acids is 2. The summed E-state index contributed by atoms with van der Waals surface area (Å²) in [6.07, 6.45) is 10.1. The zero-order chi connectivity index (χ0) is 46.1. The summed E-state index contributed by atoms with van der Waals surface area (Å²) in [5, 5.41) is 26.6. The molecule has 4 fully saturated rings. The largest absolute Gasteiger partial charge is 0.462 e. The number of fused-ring (bicyclic) bond motifs is 2. The van der Waals surface area contributed by atoms with E-state index in [1.807, 2.05) is 39.0 Å². The highest BCUT2D eigenvalue weighted by Crippen LogP contribution is 2.47. The zero-order valence-corrected chi connectivity index (χ0v) is 39.3. The minimum absolute atomic E-state index is 0.0274. The van der Waals surface area contributed by atoms with Gasteiger partial charge < -0.3 is 62.9 Å². The van der Waals surface area contributed by atoms with Crippen LogP contribution in [0.3, 0.4) is 0 Å². The van der Waals surface area contributed by atoms with E-state index in [4.69, 9.17) is 47.4 Å². The van der Waals surface area contributed by atoms with Gasteiger partial charge in [-0.05, 0) is 62.8 Å². The Morgan fingerprint density at radius 3 is 2.38 bits per heavy atom. The van der Waals surface area contributed by atoms with Crippen LogP contribution in [0.4, 0.5) is 0 Å². The third kappa shape index (κ3) is 10.1. The van der Waals surface area contributed by atoms with E-state index in [1.165, 1.54) is 0 Å². The van der Waals surface area contributed by atoms with Gasteiger partial charge in [0.1, 0.15) is 35.9 Å². The van der Waals surface area contributed by atoms with Crippen LogP contribution in [0.5, 0.6) is 0 Å². The first kappa shape index (κ1) is 49.1. The van der Waals surface area contributed by atoms with Crippen LogP contribution in [-0.4, -0.2) is 141 Å². The van der Waals surface area contributed by atoms with Crippen molar-refractivity contribution in [1.82, 2.24) is 5.32 Å². The van der Waals surface area contributed by atoms with Gasteiger partial charge in [-0.1, -0.05) is 70.6 Å². The molecule has 0 radical (unpaired) electrons. The average molecular weight is 900 g/mol. The van der Waals surface area contributed by atoms with Gasteiger partial charge in [-0.2, -0.15) is 0 Å². The first-order valence-corrected chi connectivity index (χ1v) is 23.4. The molecule has 0 saturated carbocycles. The van der Waals surface area contributed by atoms with Crippen LogP contribution < -0.4 is 5.32 Å². The van der Waals surface area contributed by atoms with Crippen LogP contribution in [0.2, 0.25) is 0 Å². The summed E-state index contributed by atoms with van der Waals surface area (Å²) in [5.41, 5.74) is 0.117. The minimum atomic E-state index is -1.84. The molecule has 6 aliphatic heterocycles. The third-order valence-corrected chi connectivity index (χ3v) is 14.8. The number of esters is 1. The lowest BCUT2D eigenvalue weighted by atomic mass is 9.71. The molecule has 358 valence electrons. The number of nitrogens with one attached hydrogen (secondary N) is 1. The molecule has 7 aliphatic rings. The van der Waals surface area contributed by atoms with Crippen molar-refractivity contribution in [3.05, 3.63) is 59.3 Å². The number of ether oxygens (including phenoxy) is 10. The molecule has 0 aromatic heterocycles. The van der Waals surface area contributed by atoms with Gasteiger partial charge in [-0.15, -0.1) is 0 Å². The van der Waals surface area contributed by atoms with E-state index < -0.39 is 84.7 Å². The van der Waals surface area contributed by atoms with Gasteiger partial charge in [0.25, 0.3) is 0 Å². The maximum absolute atomic E-state index is 14.4. The molecule has 6 heterocycles. The maximum atomic E-state index is 14.4. The van der Waals surface area contributed by atoms with E-state index in [0.29, 0.717) is 43.2 Å². The summed E-state index contributed by atoms with van der Waals surface area (Å²) in [4.78, 5) is 25.6. The summed E-state index contributed by atoms with van der Waals surface area (Å²) in [6.45, 7) is 16.2. The fraction of sp³-hybridized carbons (Fsp3) is 0.755. The monoisotopic (exact) mass is 900 g/mol. The lowest BCUT2D eigenvalue weighted by molar-refractivity contribution is -0.311. The highest BCUT2D eigenvalue weighted by atomic mass is 16.7. The highest BCUT2D eigenvalue weighted by molar-refractivity contribution is 5.78. The van der Waals surface area contributed by atoms with E-state index >= 15 is 0 Å². The van der Waals surface area contributed by atoms with Crippen molar-refractivity contribution in [2.75, 3.05) is 20.8 Å². The number of allylic oxidation sites excluding steroid dienone is 2. The Labute approximate surface area is 378 Å². The molecule has 0 unspecified atom stereocenters. The molecule has 0 aromatic rings. The zero-order valence-electron chi connectivity index (χ0n) is 39.3. The van der Waals surface area contributed by atoms with Crippen molar-refractivity contribution in [2.24, 2.45) is 23.7 Å². The lowest BCUT2D eigenvalue weighted by Gasteiger charge is -2.48. The predicted molar refractivity (Wildman–Crippen MR) is 234 cm³/mol. The Morgan fingerprint density at radius 2 is 1.66 bits per heavy atom. The SMILES string of the molecule is CC[C@H](C)[C@H]1O[C@]2(C=C[C@@H]1C)C[C@@H]1C[C@@H](C/C=C(/C)[C@@H](O[C@H]3C[C@H](OC)[C@@H](O[C@H]4C[C@H](OC)[C@H](NC=O)[C@H](C)O4)[C@H](C)O3)[C@@H](C)/C=C\C=C3CO[C@@H]4[C@H](O)C(C)=C[C@@H](C(=O)O1)[C@]34O)O2. The second-order valence-electron chi connectivity index (χ2n) is 19.3. The van der Waals surface area contributed by atoms with E-state index in [9.17, 15) is 19.8 Å². The van der Waals surface area contributed by atoms with E-state index in [2.05, 4.69) is 45.2 Å². The molecule has 1 aliphatic carbocycles. The average Bonchev–Trinajstić information content (AvgIpc) is 3.61. The van der Waals surface area contributed by atoms with Crippen LogP contribution in [0, 0.1) is 23.7 Å². The second-order valence-corrected chi connectivity index (χ2v) is 19.3. The van der Waals surface area contributed by atoms with Crippen LogP contribution in [0.25, 0.3) is 0 Å². The standard InChI is InChI=1S/C49H73NO14/c1-11-26(2)44-29(5)17-18-48(64-44)23-35-20-34(63-48)16-15-28(4)43(27(3)13-12-14-33-24-57-46-42(52)30(6)19-36(47(53)60-35)49(33,46)54)61-40-22-38(56-10)45(32(8)59-40)62-39-21-37(55-9)41(50-25-51)31(7)58-39/h12-15,17-19,25-27,29,31-32,34-46,52,54H,11,16,20-24H2,1-10H3,(H,50,51)/b13-12-,28-15-,33-14?/t26-,27-,29-,31-,32-,34+,35-,36-,37-,38-,39-,40-,41+,42+,43-,44+,45-,46+,48+,49+/m0/s1. The Balaban J connectivity index is 1.17. The van der Waals surface area contributed by atoms with E-state index in [1.54, 1.807) is 33.3 Å². The third-order valence-electron chi connectivity index (χ3n) is 14.8. The number of hydrogen-bond acceptors (Lipinski definition) is 14. The molecule has 15 nitrogen and oxygen atoms in total. The molecule has 1 amide bonds. The number of aliphatic hydroxyl groups excluding tert-OH is 1.